The van der Waals surface area contributed by atoms with Gasteiger partial charge in [-0.2, -0.15) is 0 Å². The summed E-state index contributed by atoms with van der Waals surface area (Å²) in [6, 6.07) is 7.81. The Hall–Kier alpha value is -2.78. The number of amides is 1. The SMILES string of the molecule is CCOC(=O)c1c(NC(=O)COC(=O)CCc2nc3ccccc3s2)sc2c1CC[C@H](C)C2. The number of carbonyl (C=O) groups excluding carboxylic acids is 3. The lowest BCUT2D eigenvalue weighted by atomic mass is 9.88. The summed E-state index contributed by atoms with van der Waals surface area (Å²) in [6.45, 7) is 3.79. The number of hydrogen-bond acceptors (Lipinski definition) is 8. The molecule has 174 valence electrons. The zero-order valence-electron chi connectivity index (χ0n) is 18.6. The molecule has 0 unspecified atom stereocenters. The molecule has 0 saturated carbocycles. The van der Waals surface area contributed by atoms with Gasteiger partial charge in [-0.15, -0.1) is 22.7 Å². The van der Waals surface area contributed by atoms with Crippen LogP contribution in [0.2, 0.25) is 0 Å². The second kappa shape index (κ2) is 10.4. The van der Waals surface area contributed by atoms with Crippen LogP contribution in [0.5, 0.6) is 0 Å². The van der Waals surface area contributed by atoms with Crippen molar-refractivity contribution in [3.05, 3.63) is 45.3 Å². The molecule has 9 heteroatoms. The molecule has 1 aromatic carbocycles. The van der Waals surface area contributed by atoms with Gasteiger partial charge < -0.3 is 14.8 Å². The van der Waals surface area contributed by atoms with Gasteiger partial charge in [-0.1, -0.05) is 19.1 Å². The third-order valence-electron chi connectivity index (χ3n) is 5.49. The number of fused-ring (bicyclic) bond motifs is 2. The number of thiophene rings is 1. The average molecular weight is 487 g/mol. The number of nitrogens with zero attached hydrogens (tertiary/aromatic N) is 1. The van der Waals surface area contributed by atoms with Gasteiger partial charge >= 0.3 is 11.9 Å². The van der Waals surface area contributed by atoms with Crippen molar-refractivity contribution in [2.45, 2.75) is 46.0 Å². The molecule has 1 N–H and O–H groups in total. The first-order chi connectivity index (χ1) is 15.9. The lowest BCUT2D eigenvalue weighted by Crippen LogP contribution is -2.22. The Kier molecular flexibility index (Phi) is 7.39. The van der Waals surface area contributed by atoms with E-state index in [1.54, 1.807) is 18.3 Å². The fraction of sp³-hybridized carbons (Fsp3) is 0.417. The molecule has 3 aromatic rings. The number of para-hydroxylation sites is 1. The van der Waals surface area contributed by atoms with E-state index in [1.165, 1.54) is 11.3 Å². The number of nitrogens with one attached hydrogen (secondary N) is 1. The van der Waals surface area contributed by atoms with E-state index in [0.29, 0.717) is 22.9 Å². The molecule has 0 spiro atoms. The van der Waals surface area contributed by atoms with Crippen molar-refractivity contribution in [2.75, 3.05) is 18.5 Å². The Morgan fingerprint density at radius 3 is 2.79 bits per heavy atom. The summed E-state index contributed by atoms with van der Waals surface area (Å²) in [4.78, 5) is 42.8. The molecule has 2 aromatic heterocycles. The summed E-state index contributed by atoms with van der Waals surface area (Å²) in [6.07, 6.45) is 3.27. The molecule has 1 atom stereocenters. The van der Waals surface area contributed by atoms with Crippen LogP contribution in [-0.2, 0) is 38.3 Å². The maximum atomic E-state index is 12.6. The highest BCUT2D eigenvalue weighted by molar-refractivity contribution is 7.18. The van der Waals surface area contributed by atoms with Crippen molar-refractivity contribution >= 4 is 55.7 Å². The van der Waals surface area contributed by atoms with Gasteiger partial charge in [0.15, 0.2) is 6.61 Å². The minimum absolute atomic E-state index is 0.145. The quantitative estimate of drug-likeness (QED) is 0.461. The number of benzene rings is 1. The minimum Gasteiger partial charge on any atom is -0.462 e. The van der Waals surface area contributed by atoms with Gasteiger partial charge in [0.2, 0.25) is 0 Å². The molecule has 0 aliphatic heterocycles. The van der Waals surface area contributed by atoms with Crippen LogP contribution in [-0.4, -0.2) is 36.0 Å². The van der Waals surface area contributed by atoms with Crippen molar-refractivity contribution in [1.29, 1.82) is 0 Å². The van der Waals surface area contributed by atoms with Gasteiger partial charge in [0.25, 0.3) is 5.91 Å². The van der Waals surface area contributed by atoms with Crippen LogP contribution in [0.1, 0.15) is 52.5 Å². The molecule has 2 heterocycles. The number of aryl methyl sites for hydroxylation is 1. The molecule has 7 nitrogen and oxygen atoms in total. The third kappa shape index (κ3) is 5.59. The molecule has 4 rings (SSSR count). The number of rotatable bonds is 8. The summed E-state index contributed by atoms with van der Waals surface area (Å²) in [5.41, 5.74) is 2.33. The predicted molar refractivity (Wildman–Crippen MR) is 129 cm³/mol. The van der Waals surface area contributed by atoms with Crippen molar-refractivity contribution in [1.82, 2.24) is 4.98 Å². The Labute approximate surface area is 200 Å². The minimum atomic E-state index is -0.472. The van der Waals surface area contributed by atoms with E-state index in [4.69, 9.17) is 9.47 Å². The lowest BCUT2D eigenvalue weighted by molar-refractivity contribution is -0.147. The van der Waals surface area contributed by atoms with E-state index in [9.17, 15) is 14.4 Å². The van der Waals surface area contributed by atoms with Crippen LogP contribution in [0.3, 0.4) is 0 Å². The molecule has 1 amide bonds. The molecule has 1 aliphatic carbocycles. The van der Waals surface area contributed by atoms with E-state index < -0.39 is 24.5 Å². The topological polar surface area (TPSA) is 94.6 Å². The zero-order valence-corrected chi connectivity index (χ0v) is 20.3. The average Bonchev–Trinajstić information content (AvgIpc) is 3.36. The highest BCUT2D eigenvalue weighted by Gasteiger charge is 2.29. The Balaban J connectivity index is 1.33. The van der Waals surface area contributed by atoms with E-state index >= 15 is 0 Å². The van der Waals surface area contributed by atoms with Crippen LogP contribution >= 0.6 is 22.7 Å². The number of esters is 2. The van der Waals surface area contributed by atoms with Crippen molar-refractivity contribution < 1.29 is 23.9 Å². The van der Waals surface area contributed by atoms with Crippen molar-refractivity contribution in [3.8, 4) is 0 Å². The zero-order chi connectivity index (χ0) is 23.4. The molecule has 33 heavy (non-hydrogen) atoms. The van der Waals surface area contributed by atoms with Crippen molar-refractivity contribution in [3.63, 3.8) is 0 Å². The van der Waals surface area contributed by atoms with E-state index in [0.717, 1.165) is 44.9 Å². The smallest absolute Gasteiger partial charge is 0.341 e. The molecule has 0 bridgehead atoms. The van der Waals surface area contributed by atoms with Crippen LogP contribution in [0.4, 0.5) is 5.00 Å². The molecular weight excluding hydrogens is 460 g/mol. The van der Waals surface area contributed by atoms with Gasteiger partial charge in [0, 0.05) is 11.3 Å². The fourth-order valence-corrected chi connectivity index (χ4v) is 6.26. The number of thiazole rings is 1. The first-order valence-electron chi connectivity index (χ1n) is 11.1. The highest BCUT2D eigenvalue weighted by Crippen LogP contribution is 2.40. The van der Waals surface area contributed by atoms with E-state index in [1.807, 2.05) is 24.3 Å². The molecule has 0 fully saturated rings. The van der Waals surface area contributed by atoms with E-state index in [2.05, 4.69) is 17.2 Å². The molecule has 0 radical (unpaired) electrons. The standard InChI is InChI=1S/C24H26N2O5S2/c1-3-30-24(29)22-15-9-8-14(2)12-18(15)33-23(22)26-19(27)13-31-21(28)11-10-20-25-16-6-4-5-7-17(16)32-20/h4-7,14H,3,8-13H2,1-2H3,(H,26,27)/t14-/m0/s1. The van der Waals surface area contributed by atoms with Gasteiger partial charge in [-0.25, -0.2) is 9.78 Å². The second-order valence-electron chi connectivity index (χ2n) is 8.06. The molecule has 1 aliphatic rings. The Morgan fingerprint density at radius 1 is 1.18 bits per heavy atom. The monoisotopic (exact) mass is 486 g/mol. The fourth-order valence-electron chi connectivity index (χ4n) is 3.87. The normalized spacial score (nSPS) is 15.2. The maximum absolute atomic E-state index is 12.6. The van der Waals surface area contributed by atoms with Gasteiger partial charge in [-0.05, 0) is 49.8 Å². The molecular formula is C24H26N2O5S2. The van der Waals surface area contributed by atoms with Crippen LogP contribution in [0.15, 0.2) is 24.3 Å². The number of anilines is 1. The van der Waals surface area contributed by atoms with E-state index in [-0.39, 0.29) is 13.0 Å². The second-order valence-corrected chi connectivity index (χ2v) is 10.3. The predicted octanol–water partition coefficient (Wildman–Crippen LogP) is 4.77. The largest absolute Gasteiger partial charge is 0.462 e. The van der Waals surface area contributed by atoms with Gasteiger partial charge in [-0.3, -0.25) is 9.59 Å². The summed E-state index contributed by atoms with van der Waals surface area (Å²) < 4.78 is 11.4. The van der Waals surface area contributed by atoms with Crippen LogP contribution < -0.4 is 5.32 Å². The van der Waals surface area contributed by atoms with Gasteiger partial charge in [0.05, 0.1) is 33.8 Å². The first kappa shape index (κ1) is 23.4. The van der Waals surface area contributed by atoms with Crippen LogP contribution in [0, 0.1) is 5.92 Å². The summed E-state index contributed by atoms with van der Waals surface area (Å²) in [5.74, 6) is -0.825. The maximum Gasteiger partial charge on any atom is 0.341 e. The summed E-state index contributed by atoms with van der Waals surface area (Å²) >= 11 is 2.96. The van der Waals surface area contributed by atoms with Crippen molar-refractivity contribution in [2.24, 2.45) is 5.92 Å². The first-order valence-corrected chi connectivity index (χ1v) is 12.7. The number of aromatic nitrogens is 1. The Morgan fingerprint density at radius 2 is 2.00 bits per heavy atom. The van der Waals surface area contributed by atoms with Gasteiger partial charge in [0.1, 0.15) is 5.00 Å². The Bertz CT molecular complexity index is 1150. The van der Waals surface area contributed by atoms with Crippen LogP contribution in [0.25, 0.3) is 10.2 Å². The highest BCUT2D eigenvalue weighted by atomic mass is 32.1. The molecule has 0 saturated heterocycles. The third-order valence-corrected chi connectivity index (χ3v) is 7.76. The summed E-state index contributed by atoms with van der Waals surface area (Å²) in [7, 11) is 0. The summed E-state index contributed by atoms with van der Waals surface area (Å²) in [5, 5.41) is 4.09. The number of hydrogen-bond donors (Lipinski definition) is 1. The number of carbonyl (C=O) groups is 3. The number of ether oxygens (including phenoxy) is 2. The lowest BCUT2D eigenvalue weighted by Gasteiger charge is -2.18.